The Morgan fingerprint density at radius 1 is 1.12 bits per heavy atom. The summed E-state index contributed by atoms with van der Waals surface area (Å²) < 4.78 is 46.9. The van der Waals surface area contributed by atoms with Gasteiger partial charge in [-0.15, -0.1) is 10.2 Å². The van der Waals surface area contributed by atoms with Gasteiger partial charge in [-0.1, -0.05) is 48.1 Å². The van der Waals surface area contributed by atoms with Gasteiger partial charge in [-0.05, 0) is 81.9 Å². The number of carbonyl (C=O) groups excluding carboxylic acids is 2. The van der Waals surface area contributed by atoms with Gasteiger partial charge in [-0.25, -0.2) is 4.79 Å². The number of piperidine rings is 1. The van der Waals surface area contributed by atoms with E-state index in [4.69, 9.17) is 16.3 Å². The van der Waals surface area contributed by atoms with Gasteiger partial charge in [0.1, 0.15) is 15.8 Å². The number of carbonyl (C=O) groups is 2. The van der Waals surface area contributed by atoms with E-state index < -0.39 is 24.0 Å². The normalized spacial score (nSPS) is 14.8. The van der Waals surface area contributed by atoms with E-state index in [0.29, 0.717) is 36.7 Å². The van der Waals surface area contributed by atoms with Gasteiger partial charge in [-0.2, -0.15) is 13.2 Å². The molecule has 1 fully saturated rings. The number of rotatable bonds is 9. The highest BCUT2D eigenvalue weighted by atomic mass is 35.5. The molecule has 0 spiro atoms. The van der Waals surface area contributed by atoms with Gasteiger partial charge in [0.05, 0.1) is 17.0 Å². The van der Waals surface area contributed by atoms with Crippen LogP contribution in [0.5, 0.6) is 5.75 Å². The molecule has 12 heteroatoms. The van der Waals surface area contributed by atoms with Crippen molar-refractivity contribution >= 4 is 34.9 Å². The summed E-state index contributed by atoms with van der Waals surface area (Å²) in [5.41, 5.74) is 4.24. The minimum Gasteiger partial charge on any atom is -0.489 e. The highest BCUT2D eigenvalue weighted by Gasteiger charge is 2.43. The lowest BCUT2D eigenvalue weighted by atomic mass is 9.95. The average Bonchev–Trinajstić information content (AvgIpc) is 3.42. The summed E-state index contributed by atoms with van der Waals surface area (Å²) in [6.07, 6.45) is -2.92. The largest absolute Gasteiger partial charge is 0.491 e. The lowest BCUT2D eigenvalue weighted by molar-refractivity contribution is -0.203. The van der Waals surface area contributed by atoms with E-state index in [1.54, 1.807) is 0 Å². The van der Waals surface area contributed by atoms with E-state index >= 15 is 0 Å². The first kappa shape index (κ1) is 30.9. The van der Waals surface area contributed by atoms with E-state index in [-0.39, 0.29) is 6.10 Å². The van der Waals surface area contributed by atoms with Crippen LogP contribution in [-0.2, 0) is 27.2 Å². The number of likely N-dealkylation sites (tertiary alicyclic amines) is 1. The van der Waals surface area contributed by atoms with Crippen LogP contribution in [0.15, 0.2) is 36.4 Å². The molecular formula is C29H31ClF3N3O4S. The zero-order chi connectivity index (χ0) is 29.7. The van der Waals surface area contributed by atoms with Crippen LogP contribution < -0.4 is 4.74 Å². The molecule has 0 bridgehead atoms. The van der Waals surface area contributed by atoms with Gasteiger partial charge in [-0.3, -0.25) is 4.79 Å². The van der Waals surface area contributed by atoms with Crippen LogP contribution in [-0.4, -0.2) is 59.0 Å². The topological polar surface area (TPSA) is 81.6 Å². The third kappa shape index (κ3) is 7.84. The molecule has 1 aromatic heterocycles. The summed E-state index contributed by atoms with van der Waals surface area (Å²) in [6, 6.07) is 11.7. The minimum absolute atomic E-state index is 0.0143. The molecule has 2 heterocycles. The van der Waals surface area contributed by atoms with Gasteiger partial charge < -0.3 is 14.4 Å². The van der Waals surface area contributed by atoms with Crippen molar-refractivity contribution in [3.05, 3.63) is 52.5 Å². The third-order valence-corrected chi connectivity index (χ3v) is 8.17. The van der Waals surface area contributed by atoms with Crippen molar-refractivity contribution in [1.29, 1.82) is 0 Å². The minimum atomic E-state index is -5.18. The van der Waals surface area contributed by atoms with Crippen molar-refractivity contribution in [2.75, 3.05) is 19.6 Å². The molecule has 0 amide bonds. The summed E-state index contributed by atoms with van der Waals surface area (Å²) in [4.78, 5) is 25.1. The van der Waals surface area contributed by atoms with Gasteiger partial charge in [0, 0.05) is 17.7 Å². The molecular weight excluding hydrogens is 579 g/mol. The van der Waals surface area contributed by atoms with E-state index in [2.05, 4.69) is 32.8 Å². The average molecular weight is 610 g/mol. The fraction of sp³-hybridized carbons (Fsp3) is 0.448. The first-order chi connectivity index (χ1) is 19.5. The highest BCUT2D eigenvalue weighted by molar-refractivity contribution is 7.17. The van der Waals surface area contributed by atoms with E-state index in [9.17, 15) is 22.8 Å². The van der Waals surface area contributed by atoms with Crippen LogP contribution in [0.4, 0.5) is 13.2 Å². The second-order valence-corrected chi connectivity index (χ2v) is 11.5. The Hall–Kier alpha value is -3.02. The molecule has 41 heavy (non-hydrogen) atoms. The molecule has 0 unspecified atom stereocenters. The molecule has 0 N–H and O–H groups in total. The predicted octanol–water partition coefficient (Wildman–Crippen LogP) is 6.76. The molecule has 1 saturated heterocycles. The van der Waals surface area contributed by atoms with E-state index in [0.717, 1.165) is 40.5 Å². The van der Waals surface area contributed by atoms with Crippen LogP contribution in [0.2, 0.25) is 5.02 Å². The van der Waals surface area contributed by atoms with Crippen molar-refractivity contribution in [2.45, 2.75) is 58.7 Å². The van der Waals surface area contributed by atoms with E-state index in [1.165, 1.54) is 22.5 Å². The van der Waals surface area contributed by atoms with Crippen molar-refractivity contribution in [3.8, 4) is 26.9 Å². The standard InChI is InChI=1S/C29H31ClF3N3O4S/c1-4-21-18(10-13-36-14-11-19(12-15-36)27(37)40-28(38)29(31,32)33)6-5-7-22(21)26-35-34-25(41-26)20-8-9-24(23(30)16-20)39-17(2)3/h5-9,16-17,19H,4,10-15H2,1-3H3. The van der Waals surface area contributed by atoms with Crippen LogP contribution in [0.1, 0.15) is 44.7 Å². The van der Waals surface area contributed by atoms with Crippen LogP contribution in [0, 0.1) is 5.92 Å². The smallest absolute Gasteiger partial charge is 0.489 e. The van der Waals surface area contributed by atoms with Gasteiger partial charge >= 0.3 is 18.1 Å². The first-order valence-corrected chi connectivity index (χ1v) is 14.6. The molecule has 1 aliphatic heterocycles. The number of alkyl halides is 3. The number of halogens is 4. The maximum Gasteiger partial charge on any atom is 0.491 e. The second kappa shape index (κ2) is 13.3. The predicted molar refractivity (Wildman–Crippen MR) is 151 cm³/mol. The Kier molecular flexibility index (Phi) is 10.0. The summed E-state index contributed by atoms with van der Waals surface area (Å²) in [6.45, 7) is 7.77. The Balaban J connectivity index is 1.39. The molecule has 1 aliphatic rings. The van der Waals surface area contributed by atoms with Crippen molar-refractivity contribution in [2.24, 2.45) is 5.92 Å². The highest BCUT2D eigenvalue weighted by Crippen LogP contribution is 2.36. The number of hydrogen-bond donors (Lipinski definition) is 0. The number of ether oxygens (including phenoxy) is 2. The maximum absolute atomic E-state index is 12.4. The summed E-state index contributed by atoms with van der Waals surface area (Å²) >= 11 is 7.91. The van der Waals surface area contributed by atoms with E-state index in [1.807, 2.05) is 44.2 Å². The van der Waals surface area contributed by atoms with Gasteiger partial charge in [0.15, 0.2) is 0 Å². The van der Waals surface area contributed by atoms with Crippen molar-refractivity contribution in [3.63, 3.8) is 0 Å². The van der Waals surface area contributed by atoms with Crippen LogP contribution in [0.3, 0.4) is 0 Å². The number of benzene rings is 2. The monoisotopic (exact) mass is 609 g/mol. The summed E-state index contributed by atoms with van der Waals surface area (Å²) in [7, 11) is 0. The number of hydrogen-bond acceptors (Lipinski definition) is 8. The Bertz CT molecular complexity index is 1390. The number of aromatic nitrogens is 2. The zero-order valence-corrected chi connectivity index (χ0v) is 24.5. The Labute approximate surface area is 245 Å². The van der Waals surface area contributed by atoms with Gasteiger partial charge in [0.25, 0.3) is 0 Å². The first-order valence-electron chi connectivity index (χ1n) is 13.4. The van der Waals surface area contributed by atoms with Crippen molar-refractivity contribution in [1.82, 2.24) is 15.1 Å². The van der Waals surface area contributed by atoms with Crippen LogP contribution in [0.25, 0.3) is 21.1 Å². The lowest BCUT2D eigenvalue weighted by Crippen LogP contribution is -2.39. The molecule has 3 aromatic rings. The van der Waals surface area contributed by atoms with Crippen molar-refractivity contribution < 1.29 is 32.2 Å². The Morgan fingerprint density at radius 2 is 1.83 bits per heavy atom. The fourth-order valence-electron chi connectivity index (χ4n) is 4.82. The Morgan fingerprint density at radius 3 is 2.46 bits per heavy atom. The molecule has 220 valence electrons. The molecule has 2 aromatic carbocycles. The van der Waals surface area contributed by atoms with Gasteiger partial charge in [0.2, 0.25) is 0 Å². The number of esters is 2. The molecule has 0 atom stereocenters. The molecule has 4 rings (SSSR count). The third-order valence-electron chi connectivity index (χ3n) is 6.87. The number of nitrogens with zero attached hydrogens (tertiary/aromatic N) is 3. The lowest BCUT2D eigenvalue weighted by Gasteiger charge is -2.30. The zero-order valence-electron chi connectivity index (χ0n) is 23.0. The molecule has 7 nitrogen and oxygen atoms in total. The molecule has 0 saturated carbocycles. The maximum atomic E-state index is 12.4. The van der Waals surface area contributed by atoms with Crippen LogP contribution >= 0.6 is 22.9 Å². The SMILES string of the molecule is CCc1c(CCN2CCC(C(=O)OC(=O)C(F)(F)F)CC2)cccc1-c1nnc(-c2ccc(OC(C)C)c(Cl)c2)s1. The second-order valence-electron chi connectivity index (χ2n) is 10.1. The summed E-state index contributed by atoms with van der Waals surface area (Å²) in [5, 5.41) is 11.0. The fourth-order valence-corrected chi connectivity index (χ4v) is 5.94. The quantitative estimate of drug-likeness (QED) is 0.196. The molecule has 0 radical (unpaired) electrons. The summed E-state index contributed by atoms with van der Waals surface area (Å²) in [5.74, 6) is -3.66. The molecule has 0 aliphatic carbocycles.